The van der Waals surface area contributed by atoms with Crippen molar-refractivity contribution in [2.45, 2.75) is 72.6 Å². The molecule has 5 nitrogen and oxygen atoms in total. The summed E-state index contributed by atoms with van der Waals surface area (Å²) in [6.07, 6.45) is 7.54. The summed E-state index contributed by atoms with van der Waals surface area (Å²) in [6.45, 7) is 8.98. The topological polar surface area (TPSA) is 68.2 Å². The van der Waals surface area contributed by atoms with E-state index in [1.165, 1.54) is 25.7 Å². The largest absolute Gasteiger partial charge is 0.504 e. The van der Waals surface area contributed by atoms with Crippen molar-refractivity contribution < 1.29 is 24.4 Å². The molecule has 0 aliphatic rings. The van der Waals surface area contributed by atoms with Crippen molar-refractivity contribution >= 4 is 0 Å². The van der Waals surface area contributed by atoms with Crippen LogP contribution >= 0.6 is 0 Å². The van der Waals surface area contributed by atoms with Crippen molar-refractivity contribution in [3.8, 4) is 28.7 Å². The molecule has 0 saturated carbocycles. The van der Waals surface area contributed by atoms with E-state index in [0.717, 1.165) is 12.8 Å². The van der Waals surface area contributed by atoms with Crippen LogP contribution in [0.4, 0.5) is 0 Å². The maximum absolute atomic E-state index is 10.5. The van der Waals surface area contributed by atoms with Crippen LogP contribution in [0, 0.1) is 0 Å². The van der Waals surface area contributed by atoms with E-state index in [1.54, 1.807) is 0 Å². The molecule has 0 aliphatic heterocycles. The number of ether oxygens (including phenoxy) is 3. The summed E-state index contributed by atoms with van der Waals surface area (Å²) in [7, 11) is 0. The fraction of sp³-hybridized carbons (Fsp3) is 0.700. The molecule has 1 aromatic rings. The van der Waals surface area contributed by atoms with Crippen molar-refractivity contribution in [1.82, 2.24) is 0 Å². The van der Waals surface area contributed by atoms with Crippen molar-refractivity contribution in [2.75, 3.05) is 19.8 Å². The molecule has 144 valence electrons. The van der Waals surface area contributed by atoms with Gasteiger partial charge in [0.15, 0.2) is 11.5 Å². The first kappa shape index (κ1) is 21.3. The molecule has 5 heteroatoms. The lowest BCUT2D eigenvalue weighted by molar-refractivity contribution is 0.245. The van der Waals surface area contributed by atoms with Gasteiger partial charge in [0.25, 0.3) is 0 Å². The van der Waals surface area contributed by atoms with Gasteiger partial charge in [-0.3, -0.25) is 0 Å². The number of benzene rings is 1. The number of aromatic hydroxyl groups is 2. The summed E-state index contributed by atoms with van der Waals surface area (Å²) < 4.78 is 16.9. The first-order chi connectivity index (χ1) is 12.1. The van der Waals surface area contributed by atoms with E-state index in [9.17, 15) is 10.2 Å². The minimum atomic E-state index is -0.269. The van der Waals surface area contributed by atoms with E-state index < -0.39 is 0 Å². The van der Waals surface area contributed by atoms with Gasteiger partial charge in [-0.1, -0.05) is 39.0 Å². The minimum absolute atomic E-state index is 0.150. The Morgan fingerprint density at radius 3 is 1.72 bits per heavy atom. The van der Waals surface area contributed by atoms with Gasteiger partial charge in [-0.25, -0.2) is 0 Å². The molecule has 0 heterocycles. The monoisotopic (exact) mass is 354 g/mol. The van der Waals surface area contributed by atoms with Crippen molar-refractivity contribution in [3.05, 3.63) is 5.56 Å². The molecule has 2 N–H and O–H groups in total. The Hall–Kier alpha value is -1.78. The summed E-state index contributed by atoms with van der Waals surface area (Å²) in [5, 5.41) is 20.9. The second-order valence-corrected chi connectivity index (χ2v) is 5.98. The van der Waals surface area contributed by atoms with Crippen LogP contribution in [-0.2, 0) is 6.42 Å². The smallest absolute Gasteiger partial charge is 0.211 e. The van der Waals surface area contributed by atoms with Crippen molar-refractivity contribution in [1.29, 1.82) is 0 Å². The zero-order chi connectivity index (χ0) is 18.7. The number of phenols is 2. The number of hydrogen-bond acceptors (Lipinski definition) is 5. The zero-order valence-corrected chi connectivity index (χ0v) is 16.2. The van der Waals surface area contributed by atoms with Gasteiger partial charge in [0.2, 0.25) is 17.2 Å². The Bertz CT molecular complexity index is 514. The normalized spacial score (nSPS) is 10.7. The molecule has 0 aromatic heterocycles. The number of rotatable bonds is 13. The van der Waals surface area contributed by atoms with Gasteiger partial charge in [-0.05, 0) is 33.6 Å². The van der Waals surface area contributed by atoms with E-state index >= 15 is 0 Å². The first-order valence-electron chi connectivity index (χ1n) is 9.61. The van der Waals surface area contributed by atoms with Gasteiger partial charge in [0.1, 0.15) is 0 Å². The van der Waals surface area contributed by atoms with Crippen LogP contribution in [0.3, 0.4) is 0 Å². The SMILES string of the molecule is CCCCCCCCc1c(O)c(O)c(OCC)c(OCC)c1OCC. The Kier molecular flexibility index (Phi) is 9.97. The molecule has 0 atom stereocenters. The Labute approximate surface area is 151 Å². The molecule has 0 bridgehead atoms. The van der Waals surface area contributed by atoms with Crippen LogP contribution in [0.1, 0.15) is 71.8 Å². The Morgan fingerprint density at radius 1 is 0.600 bits per heavy atom. The van der Waals surface area contributed by atoms with Crippen LogP contribution in [0.5, 0.6) is 28.7 Å². The summed E-state index contributed by atoms with van der Waals surface area (Å²) in [4.78, 5) is 0. The molecule has 1 aromatic carbocycles. The molecular formula is C20H34O5. The molecule has 0 fully saturated rings. The number of unbranched alkanes of at least 4 members (excludes halogenated alkanes) is 5. The van der Waals surface area contributed by atoms with Crippen molar-refractivity contribution in [2.24, 2.45) is 0 Å². The van der Waals surface area contributed by atoms with Crippen LogP contribution in [0.15, 0.2) is 0 Å². The highest BCUT2D eigenvalue weighted by molar-refractivity contribution is 5.69. The highest BCUT2D eigenvalue weighted by Gasteiger charge is 2.27. The highest BCUT2D eigenvalue weighted by atomic mass is 16.5. The average molecular weight is 354 g/mol. The second kappa shape index (κ2) is 11.7. The third-order valence-corrected chi connectivity index (χ3v) is 4.06. The average Bonchev–Trinajstić information content (AvgIpc) is 2.61. The Balaban J connectivity index is 3.08. The maximum atomic E-state index is 10.5. The van der Waals surface area contributed by atoms with Crippen LogP contribution in [0.25, 0.3) is 0 Å². The molecule has 0 radical (unpaired) electrons. The highest BCUT2D eigenvalue weighted by Crippen LogP contribution is 2.53. The van der Waals surface area contributed by atoms with Gasteiger partial charge in [-0.2, -0.15) is 0 Å². The van der Waals surface area contributed by atoms with Gasteiger partial charge in [0, 0.05) is 5.56 Å². The molecule has 0 saturated heterocycles. The van der Waals surface area contributed by atoms with Gasteiger partial charge >= 0.3 is 0 Å². The molecule has 0 spiro atoms. The number of phenolic OH excluding ortho intramolecular Hbond substituents is 2. The van der Waals surface area contributed by atoms with E-state index in [-0.39, 0.29) is 17.2 Å². The van der Waals surface area contributed by atoms with Crippen LogP contribution in [-0.4, -0.2) is 30.0 Å². The third-order valence-electron chi connectivity index (χ3n) is 4.06. The van der Waals surface area contributed by atoms with Gasteiger partial charge < -0.3 is 24.4 Å². The van der Waals surface area contributed by atoms with Crippen LogP contribution < -0.4 is 14.2 Å². The summed E-state index contributed by atoms with van der Waals surface area (Å²) in [6, 6.07) is 0. The fourth-order valence-electron chi connectivity index (χ4n) is 2.87. The van der Waals surface area contributed by atoms with E-state index in [4.69, 9.17) is 14.2 Å². The molecule has 0 aliphatic carbocycles. The lowest BCUT2D eigenvalue weighted by atomic mass is 10.0. The van der Waals surface area contributed by atoms with E-state index in [2.05, 4.69) is 6.92 Å². The zero-order valence-electron chi connectivity index (χ0n) is 16.2. The molecule has 0 amide bonds. The van der Waals surface area contributed by atoms with Crippen molar-refractivity contribution in [3.63, 3.8) is 0 Å². The van der Waals surface area contributed by atoms with Gasteiger partial charge in [0.05, 0.1) is 19.8 Å². The minimum Gasteiger partial charge on any atom is -0.504 e. The third kappa shape index (κ3) is 5.91. The van der Waals surface area contributed by atoms with Gasteiger partial charge in [-0.15, -0.1) is 0 Å². The summed E-state index contributed by atoms with van der Waals surface area (Å²) >= 11 is 0. The summed E-state index contributed by atoms with van der Waals surface area (Å²) in [5.74, 6) is 0.579. The first-order valence-corrected chi connectivity index (χ1v) is 9.61. The second-order valence-electron chi connectivity index (χ2n) is 5.98. The Morgan fingerprint density at radius 2 is 1.12 bits per heavy atom. The maximum Gasteiger partial charge on any atom is 0.211 e. The molecular weight excluding hydrogens is 320 g/mol. The lowest BCUT2D eigenvalue weighted by Gasteiger charge is -2.21. The molecule has 25 heavy (non-hydrogen) atoms. The lowest BCUT2D eigenvalue weighted by Crippen LogP contribution is -2.06. The number of hydrogen-bond donors (Lipinski definition) is 2. The fourth-order valence-corrected chi connectivity index (χ4v) is 2.87. The predicted octanol–water partition coefficient (Wildman–Crippen LogP) is 5.20. The van der Waals surface area contributed by atoms with E-state index in [1.807, 2.05) is 20.8 Å². The summed E-state index contributed by atoms with van der Waals surface area (Å²) in [5.41, 5.74) is 0.599. The predicted molar refractivity (Wildman–Crippen MR) is 100 cm³/mol. The standard InChI is InChI=1S/C20H34O5/c1-5-9-10-11-12-13-14-15-16(21)17(22)19(24-7-3)20(25-8-4)18(15)23-6-2/h21-22H,5-14H2,1-4H3. The molecule has 1 rings (SSSR count). The molecule has 0 unspecified atom stereocenters. The van der Waals surface area contributed by atoms with Crippen LogP contribution in [0.2, 0.25) is 0 Å². The quantitative estimate of drug-likeness (QED) is 0.376. The van der Waals surface area contributed by atoms with E-state index in [0.29, 0.717) is 43.3 Å².